The Hall–Kier alpha value is -2.40. The Labute approximate surface area is 128 Å². The lowest BCUT2D eigenvalue weighted by Gasteiger charge is -2.15. The minimum absolute atomic E-state index is 0.728. The molecule has 2 aromatic carbocycles. The quantitative estimate of drug-likeness (QED) is 0.620. The number of hydrogen-bond acceptors (Lipinski definition) is 2. The Morgan fingerprint density at radius 3 is 1.33 bits per heavy atom. The summed E-state index contributed by atoms with van der Waals surface area (Å²) in [5.41, 5.74) is 2.55. The van der Waals surface area contributed by atoms with E-state index in [1.54, 1.807) is 14.1 Å². The maximum absolute atomic E-state index is 9.97. The summed E-state index contributed by atoms with van der Waals surface area (Å²) in [6.07, 6.45) is 1.46. The summed E-state index contributed by atoms with van der Waals surface area (Å²) in [7, 11) is 2.52. The molecule has 0 aliphatic heterocycles. The maximum Gasteiger partial charge on any atom is 0.234 e. The Balaban J connectivity index is 0.000000222. The number of amides is 2. The number of hydrogen-bond donors (Lipinski definition) is 0. The minimum atomic E-state index is -0.809. The average molecular weight is 300 g/mol. The Bertz CT molecular complexity index is 485. The first-order chi connectivity index (χ1) is 10.2. The van der Waals surface area contributed by atoms with Gasteiger partial charge in [0.05, 0.1) is 0 Å². The number of rotatable bonds is 5. The first-order valence-electron chi connectivity index (χ1n) is 6.59. The molecule has 0 aliphatic carbocycles. The smallest absolute Gasteiger partial charge is 0.234 e. The summed E-state index contributed by atoms with van der Waals surface area (Å²) < 4.78 is 3.02. The fourth-order valence-corrected chi connectivity index (χ4v) is 2.52. The molecule has 2 aromatic rings. The van der Waals surface area contributed by atoms with Crippen LogP contribution in [0, 0.1) is 0 Å². The van der Waals surface area contributed by atoms with Crippen molar-refractivity contribution < 1.29 is 9.59 Å². The lowest BCUT2D eigenvalue weighted by molar-refractivity contribution is -0.115. The summed E-state index contributed by atoms with van der Waals surface area (Å²) in [5, 5.41) is 0. The van der Waals surface area contributed by atoms with Crippen LogP contribution in [0.25, 0.3) is 11.1 Å². The molecule has 0 atom stereocenters. The molecule has 0 aliphatic rings. The van der Waals surface area contributed by atoms with Gasteiger partial charge < -0.3 is 9.13 Å². The van der Waals surface area contributed by atoms with E-state index < -0.39 is 9.84 Å². The average Bonchev–Trinajstić information content (AvgIpc) is 2.56. The second-order valence-corrected chi connectivity index (χ2v) is 6.88. The summed E-state index contributed by atoms with van der Waals surface area (Å²) in [6, 6.07) is 20.8. The highest BCUT2D eigenvalue weighted by Gasteiger charge is 1.97. The second-order valence-electron chi connectivity index (χ2n) is 4.60. The van der Waals surface area contributed by atoms with Crippen LogP contribution in [0.4, 0.5) is 0 Å². The molecule has 0 fully saturated rings. The van der Waals surface area contributed by atoms with Crippen molar-refractivity contribution >= 4 is 22.7 Å². The number of benzene rings is 2. The van der Waals surface area contributed by atoms with Gasteiger partial charge >= 0.3 is 0 Å². The van der Waals surface area contributed by atoms with Crippen molar-refractivity contribution in [1.82, 2.24) is 9.13 Å². The third kappa shape index (κ3) is 6.53. The van der Waals surface area contributed by atoms with Crippen molar-refractivity contribution in [3.05, 3.63) is 60.7 Å². The van der Waals surface area contributed by atoms with Crippen molar-refractivity contribution in [2.24, 2.45) is 0 Å². The summed E-state index contributed by atoms with van der Waals surface area (Å²) in [5.74, 6) is 0. The highest BCUT2D eigenvalue weighted by Crippen LogP contribution is 2.17. The fourth-order valence-electron chi connectivity index (χ4n) is 1.68. The van der Waals surface area contributed by atoms with Crippen LogP contribution in [0.15, 0.2) is 60.7 Å². The van der Waals surface area contributed by atoms with Crippen LogP contribution in [0.3, 0.4) is 0 Å². The molecule has 2 rings (SSSR count). The third-order valence-corrected chi connectivity index (χ3v) is 3.88. The van der Waals surface area contributed by atoms with Crippen molar-refractivity contribution in [2.75, 3.05) is 14.1 Å². The van der Waals surface area contributed by atoms with Gasteiger partial charge in [-0.3, -0.25) is 9.59 Å². The summed E-state index contributed by atoms with van der Waals surface area (Å²) in [4.78, 5) is 19.9. The van der Waals surface area contributed by atoms with E-state index in [2.05, 4.69) is 48.5 Å². The van der Waals surface area contributed by atoms with Gasteiger partial charge in [0, 0.05) is 14.1 Å². The lowest BCUT2D eigenvalue weighted by atomic mass is 10.1. The van der Waals surface area contributed by atoms with E-state index in [-0.39, 0.29) is 0 Å². The fraction of sp³-hybridized carbons (Fsp3) is 0.125. The molecule has 110 valence electrons. The van der Waals surface area contributed by atoms with Gasteiger partial charge in [0.1, 0.15) is 0 Å². The standard InChI is InChI=1S/C12H10.C4H10N2O2Si/c1-3-7-11(8-4-1)12-9-5-2-6-10-12;1-5(3-7)9-6(2)4-8/h1-10H;3-4H,9H2,1-2H3. The van der Waals surface area contributed by atoms with Gasteiger partial charge in [-0.25, -0.2) is 0 Å². The highest BCUT2D eigenvalue weighted by molar-refractivity contribution is 6.34. The monoisotopic (exact) mass is 300 g/mol. The Morgan fingerprint density at radius 2 is 1.05 bits per heavy atom. The first kappa shape index (κ1) is 16.7. The minimum Gasteiger partial charge on any atom is -0.362 e. The van der Waals surface area contributed by atoms with E-state index in [1.807, 2.05) is 12.1 Å². The summed E-state index contributed by atoms with van der Waals surface area (Å²) in [6.45, 7) is 0. The molecule has 0 saturated carbocycles. The van der Waals surface area contributed by atoms with E-state index in [4.69, 9.17) is 0 Å². The van der Waals surface area contributed by atoms with Gasteiger partial charge in [-0.2, -0.15) is 0 Å². The van der Waals surface area contributed by atoms with Crippen LogP contribution in [0.1, 0.15) is 0 Å². The zero-order valence-electron chi connectivity index (χ0n) is 12.3. The molecular formula is C16H20N2O2Si. The van der Waals surface area contributed by atoms with E-state index in [0.717, 1.165) is 12.8 Å². The lowest BCUT2D eigenvalue weighted by Crippen LogP contribution is -2.35. The molecule has 0 unspecified atom stereocenters. The van der Waals surface area contributed by atoms with Crippen LogP contribution < -0.4 is 0 Å². The molecule has 5 heteroatoms. The third-order valence-electron chi connectivity index (χ3n) is 2.69. The predicted octanol–water partition coefficient (Wildman–Crippen LogP) is 1.52. The van der Waals surface area contributed by atoms with Crippen LogP contribution in [0.5, 0.6) is 0 Å². The van der Waals surface area contributed by atoms with Gasteiger partial charge in [0.15, 0.2) is 0 Å². The van der Waals surface area contributed by atoms with E-state index in [0.29, 0.717) is 0 Å². The SMILES string of the molecule is CN(C=O)[SiH2]N(C)C=O.c1ccc(-c2ccccc2)cc1. The number of nitrogens with zero attached hydrogens (tertiary/aromatic N) is 2. The van der Waals surface area contributed by atoms with E-state index >= 15 is 0 Å². The van der Waals surface area contributed by atoms with Crippen LogP contribution in [0.2, 0.25) is 0 Å². The predicted molar refractivity (Wildman–Crippen MR) is 88.1 cm³/mol. The molecule has 0 bridgehead atoms. The number of carbonyl (C=O) groups excluding carboxylic acids is 2. The molecule has 0 aromatic heterocycles. The van der Waals surface area contributed by atoms with Crippen molar-refractivity contribution in [2.45, 2.75) is 0 Å². The van der Waals surface area contributed by atoms with Crippen LogP contribution in [-0.4, -0.2) is 45.9 Å². The molecule has 0 N–H and O–H groups in total. The van der Waals surface area contributed by atoms with Crippen LogP contribution in [-0.2, 0) is 9.59 Å². The largest absolute Gasteiger partial charge is 0.362 e. The summed E-state index contributed by atoms with van der Waals surface area (Å²) >= 11 is 0. The topological polar surface area (TPSA) is 40.6 Å². The van der Waals surface area contributed by atoms with E-state index in [9.17, 15) is 9.59 Å². The molecule has 0 radical (unpaired) electrons. The van der Waals surface area contributed by atoms with Gasteiger partial charge in [-0.15, -0.1) is 0 Å². The van der Waals surface area contributed by atoms with Crippen molar-refractivity contribution in [1.29, 1.82) is 0 Å². The first-order valence-corrected chi connectivity index (χ1v) is 7.85. The zero-order chi connectivity index (χ0) is 15.5. The Kier molecular flexibility index (Phi) is 7.53. The molecule has 4 nitrogen and oxygen atoms in total. The van der Waals surface area contributed by atoms with Gasteiger partial charge in [-0.1, -0.05) is 60.7 Å². The molecule has 21 heavy (non-hydrogen) atoms. The van der Waals surface area contributed by atoms with Crippen molar-refractivity contribution in [3.63, 3.8) is 0 Å². The molecule has 0 saturated heterocycles. The molecule has 0 spiro atoms. The highest BCUT2D eigenvalue weighted by atomic mass is 28.2. The van der Waals surface area contributed by atoms with Gasteiger partial charge in [-0.05, 0) is 11.1 Å². The Morgan fingerprint density at radius 1 is 0.714 bits per heavy atom. The molecule has 0 heterocycles. The van der Waals surface area contributed by atoms with Gasteiger partial charge in [0.2, 0.25) is 22.7 Å². The number of carbonyl (C=O) groups is 2. The maximum atomic E-state index is 9.97. The zero-order valence-corrected chi connectivity index (χ0v) is 13.8. The normalized spacial score (nSPS) is 9.05. The second kappa shape index (κ2) is 9.49. The molecule has 2 amide bonds. The van der Waals surface area contributed by atoms with Crippen molar-refractivity contribution in [3.8, 4) is 11.1 Å². The van der Waals surface area contributed by atoms with Crippen LogP contribution >= 0.6 is 0 Å². The van der Waals surface area contributed by atoms with E-state index in [1.165, 1.54) is 20.3 Å². The molecular weight excluding hydrogens is 280 g/mol. The van der Waals surface area contributed by atoms with Gasteiger partial charge in [0.25, 0.3) is 0 Å².